The molecule has 0 saturated heterocycles. The summed E-state index contributed by atoms with van der Waals surface area (Å²) >= 11 is 5.99. The zero-order valence-electron chi connectivity index (χ0n) is 20.5. The number of allylic oxidation sites excluding steroid dienone is 1. The van der Waals surface area contributed by atoms with E-state index < -0.39 is 12.0 Å². The Morgan fingerprint density at radius 3 is 2.68 bits per heavy atom. The molecule has 12 heteroatoms. The number of furan rings is 1. The Kier molecular flexibility index (Phi) is 7.63. The number of halogens is 1. The highest BCUT2D eigenvalue weighted by Crippen LogP contribution is 2.35. The Morgan fingerprint density at radius 1 is 1.26 bits per heavy atom. The van der Waals surface area contributed by atoms with Crippen molar-refractivity contribution in [1.29, 1.82) is 0 Å². The van der Waals surface area contributed by atoms with Gasteiger partial charge in [0.15, 0.2) is 15.1 Å². The van der Waals surface area contributed by atoms with E-state index in [2.05, 4.69) is 30.9 Å². The number of benzene rings is 1. The highest BCUT2D eigenvalue weighted by molar-refractivity contribution is 9.10. The fraction of sp³-hybridized carbons (Fsp3) is 0.192. The smallest absolute Gasteiger partial charge is 0.338 e. The molecular weight excluding hydrogens is 592 g/mol. The standard InChI is InChI=1S/C26H21BrN4O5S2/c1-4-35-23(33)20-14(2)30-26-31(21(20)15-6-8-16(34-3)9-7-15)22(32)19(37-26)13-17-12-18(27)24(36-17)38-25-28-10-5-11-29-25/h5-13,21H,4H2,1-3H3/b19-13+/t21-/m1/s1. The van der Waals surface area contributed by atoms with Crippen LogP contribution in [0.5, 0.6) is 5.75 Å². The van der Waals surface area contributed by atoms with Gasteiger partial charge in [-0.1, -0.05) is 23.5 Å². The molecule has 4 heterocycles. The zero-order valence-corrected chi connectivity index (χ0v) is 23.7. The van der Waals surface area contributed by atoms with Crippen LogP contribution >= 0.6 is 39.0 Å². The van der Waals surface area contributed by atoms with E-state index in [9.17, 15) is 9.59 Å². The van der Waals surface area contributed by atoms with Crippen LogP contribution in [-0.2, 0) is 9.53 Å². The van der Waals surface area contributed by atoms with Gasteiger partial charge in [0.25, 0.3) is 5.56 Å². The summed E-state index contributed by atoms with van der Waals surface area (Å²) in [4.78, 5) is 40.2. The molecule has 0 fully saturated rings. The molecule has 0 saturated carbocycles. The van der Waals surface area contributed by atoms with Gasteiger partial charge in [-0.3, -0.25) is 9.36 Å². The summed E-state index contributed by atoms with van der Waals surface area (Å²) in [5, 5.41) is 1.10. The highest BCUT2D eigenvalue weighted by atomic mass is 79.9. The summed E-state index contributed by atoms with van der Waals surface area (Å²) < 4.78 is 19.2. The lowest BCUT2D eigenvalue weighted by atomic mass is 9.96. The molecule has 4 aromatic rings. The largest absolute Gasteiger partial charge is 0.497 e. The summed E-state index contributed by atoms with van der Waals surface area (Å²) in [7, 11) is 1.58. The van der Waals surface area contributed by atoms with Gasteiger partial charge in [-0.05, 0) is 71.4 Å². The number of carbonyl (C=O) groups excluding carboxylic acids is 1. The molecule has 0 unspecified atom stereocenters. The molecule has 0 radical (unpaired) electrons. The molecule has 0 bridgehead atoms. The summed E-state index contributed by atoms with van der Waals surface area (Å²) in [6.07, 6.45) is 4.97. The summed E-state index contributed by atoms with van der Waals surface area (Å²) in [6, 6.07) is 10.1. The number of ether oxygens (including phenoxy) is 2. The van der Waals surface area contributed by atoms with Gasteiger partial charge in [-0.25, -0.2) is 19.8 Å². The lowest BCUT2D eigenvalue weighted by Gasteiger charge is -2.24. The Balaban J connectivity index is 1.61. The van der Waals surface area contributed by atoms with E-state index in [1.54, 1.807) is 63.7 Å². The van der Waals surface area contributed by atoms with Crippen LogP contribution in [0.25, 0.3) is 6.08 Å². The van der Waals surface area contributed by atoms with Crippen molar-refractivity contribution in [2.75, 3.05) is 13.7 Å². The molecule has 9 nitrogen and oxygen atoms in total. The summed E-state index contributed by atoms with van der Waals surface area (Å²) in [5.41, 5.74) is 1.26. The van der Waals surface area contributed by atoms with Crippen molar-refractivity contribution in [3.05, 3.63) is 95.5 Å². The van der Waals surface area contributed by atoms with Gasteiger partial charge in [-0.2, -0.15) is 0 Å². The third-order valence-electron chi connectivity index (χ3n) is 5.62. The second kappa shape index (κ2) is 11.1. The maximum atomic E-state index is 13.7. The molecule has 0 aliphatic carbocycles. The van der Waals surface area contributed by atoms with Crippen LogP contribution in [0.4, 0.5) is 0 Å². The first-order valence-electron chi connectivity index (χ1n) is 11.5. The minimum Gasteiger partial charge on any atom is -0.497 e. The topological polar surface area (TPSA) is 109 Å². The Hall–Kier alpha value is -3.48. The van der Waals surface area contributed by atoms with Gasteiger partial charge < -0.3 is 13.9 Å². The average molecular weight is 614 g/mol. The van der Waals surface area contributed by atoms with Crippen LogP contribution in [0.2, 0.25) is 0 Å². The number of hydrogen-bond donors (Lipinski definition) is 0. The molecule has 1 aliphatic rings. The number of carbonyl (C=O) groups is 1. The van der Waals surface area contributed by atoms with Crippen molar-refractivity contribution in [3.63, 3.8) is 0 Å². The van der Waals surface area contributed by atoms with E-state index in [0.717, 1.165) is 5.56 Å². The molecule has 0 amide bonds. The van der Waals surface area contributed by atoms with Crippen molar-refractivity contribution >= 4 is 51.1 Å². The summed E-state index contributed by atoms with van der Waals surface area (Å²) in [6.45, 7) is 3.69. The van der Waals surface area contributed by atoms with Crippen molar-refractivity contribution in [1.82, 2.24) is 14.5 Å². The normalized spacial score (nSPS) is 15.3. The van der Waals surface area contributed by atoms with E-state index in [0.29, 0.717) is 46.8 Å². The SMILES string of the molecule is CCOC(=O)C1=C(C)N=c2s/c(=C/c3cc(Br)c(Sc4ncccn4)o3)c(=O)n2[C@@H]1c1ccc(OC)cc1. The molecule has 3 aromatic heterocycles. The predicted molar refractivity (Wildman–Crippen MR) is 146 cm³/mol. The van der Waals surface area contributed by atoms with E-state index in [-0.39, 0.29) is 12.2 Å². The van der Waals surface area contributed by atoms with Gasteiger partial charge >= 0.3 is 5.97 Å². The lowest BCUT2D eigenvalue weighted by molar-refractivity contribution is -0.139. The first-order chi connectivity index (χ1) is 18.4. The maximum Gasteiger partial charge on any atom is 0.338 e. The number of thiazole rings is 1. The molecule has 1 aromatic carbocycles. The molecule has 1 aliphatic heterocycles. The molecule has 5 rings (SSSR count). The monoisotopic (exact) mass is 612 g/mol. The number of esters is 1. The van der Waals surface area contributed by atoms with Gasteiger partial charge in [0, 0.05) is 18.5 Å². The number of nitrogens with zero attached hydrogens (tertiary/aromatic N) is 4. The molecular formula is C26H21BrN4O5S2. The van der Waals surface area contributed by atoms with Crippen molar-refractivity contribution < 1.29 is 18.7 Å². The number of rotatable bonds is 7. The lowest BCUT2D eigenvalue weighted by Crippen LogP contribution is -2.39. The second-order valence-electron chi connectivity index (χ2n) is 7.99. The van der Waals surface area contributed by atoms with Crippen LogP contribution in [0.3, 0.4) is 0 Å². The first kappa shape index (κ1) is 26.1. The van der Waals surface area contributed by atoms with Gasteiger partial charge in [-0.15, -0.1) is 0 Å². The maximum absolute atomic E-state index is 13.7. The zero-order chi connectivity index (χ0) is 26.8. The fourth-order valence-corrected chi connectivity index (χ4v) is 6.22. The van der Waals surface area contributed by atoms with Crippen LogP contribution in [0, 0.1) is 0 Å². The van der Waals surface area contributed by atoms with Gasteiger partial charge in [0.05, 0.1) is 40.0 Å². The molecule has 1 atom stereocenters. The Morgan fingerprint density at radius 2 is 2.00 bits per heavy atom. The molecule has 0 N–H and O–H groups in total. The number of fused-ring (bicyclic) bond motifs is 1. The quantitative estimate of drug-likeness (QED) is 0.227. The van der Waals surface area contributed by atoms with Gasteiger partial charge in [0.2, 0.25) is 0 Å². The average Bonchev–Trinajstić information content (AvgIpc) is 3.41. The Bertz CT molecular complexity index is 1710. The van der Waals surface area contributed by atoms with Crippen LogP contribution < -0.4 is 19.6 Å². The summed E-state index contributed by atoms with van der Waals surface area (Å²) in [5.74, 6) is 0.629. The third kappa shape index (κ3) is 5.11. The van der Waals surface area contributed by atoms with Crippen LogP contribution in [0.15, 0.2) is 89.0 Å². The fourth-order valence-electron chi connectivity index (χ4n) is 3.95. The minimum atomic E-state index is -0.706. The number of hydrogen-bond acceptors (Lipinski definition) is 10. The Labute approximate surface area is 233 Å². The molecule has 38 heavy (non-hydrogen) atoms. The predicted octanol–water partition coefficient (Wildman–Crippen LogP) is 4.10. The van der Waals surface area contributed by atoms with Crippen LogP contribution in [-0.4, -0.2) is 34.2 Å². The number of methoxy groups -OCH3 is 1. The molecule has 194 valence electrons. The van der Waals surface area contributed by atoms with E-state index in [1.165, 1.54) is 27.7 Å². The van der Waals surface area contributed by atoms with Crippen LogP contribution in [0.1, 0.15) is 31.2 Å². The number of aromatic nitrogens is 3. The third-order valence-corrected chi connectivity index (χ3v) is 8.34. The van der Waals surface area contributed by atoms with E-state index in [1.807, 2.05) is 12.1 Å². The van der Waals surface area contributed by atoms with E-state index >= 15 is 0 Å². The second-order valence-corrected chi connectivity index (χ2v) is 10.8. The van der Waals surface area contributed by atoms with Crippen molar-refractivity contribution in [2.45, 2.75) is 30.1 Å². The first-order valence-corrected chi connectivity index (χ1v) is 13.9. The van der Waals surface area contributed by atoms with Crippen molar-refractivity contribution in [2.24, 2.45) is 4.99 Å². The van der Waals surface area contributed by atoms with E-state index in [4.69, 9.17) is 13.9 Å². The van der Waals surface area contributed by atoms with Crippen molar-refractivity contribution in [3.8, 4) is 5.75 Å². The minimum absolute atomic E-state index is 0.205. The molecule has 0 spiro atoms. The van der Waals surface area contributed by atoms with Gasteiger partial charge in [0.1, 0.15) is 11.5 Å². The highest BCUT2D eigenvalue weighted by Gasteiger charge is 2.33.